The molecule has 1 atom stereocenters. The summed E-state index contributed by atoms with van der Waals surface area (Å²) in [6.07, 6.45) is 0.511. The number of nitro groups is 2. The first-order chi connectivity index (χ1) is 10.7. The summed E-state index contributed by atoms with van der Waals surface area (Å²) in [6.45, 7) is 6.46. The van der Waals surface area contributed by atoms with Crippen LogP contribution in [0, 0.1) is 34.1 Å². The van der Waals surface area contributed by atoms with Gasteiger partial charge in [-0.2, -0.15) is 0 Å². The zero-order valence-corrected chi connectivity index (χ0v) is 13.5. The summed E-state index contributed by atoms with van der Waals surface area (Å²) in [5.41, 5.74) is -0.537. The van der Waals surface area contributed by atoms with Crippen LogP contribution in [-0.2, 0) is 4.74 Å². The predicted molar refractivity (Wildman–Crippen MR) is 81.3 cm³/mol. The number of hydrogen-bond acceptors (Lipinski definition) is 7. The zero-order valence-electron chi connectivity index (χ0n) is 13.5. The van der Waals surface area contributed by atoms with Gasteiger partial charge < -0.3 is 14.6 Å². The minimum Gasteiger partial charge on any atom is -0.425 e. The van der Waals surface area contributed by atoms with Crippen LogP contribution in [0.5, 0.6) is 5.75 Å². The second-order valence-electron chi connectivity index (χ2n) is 5.05. The Kier molecular flexibility index (Phi) is 5.99. The van der Waals surface area contributed by atoms with Gasteiger partial charge in [-0.25, -0.2) is 0 Å². The Balaban J connectivity index is 3.51. The number of hydrogen-bond donors (Lipinski definition) is 1. The highest BCUT2D eigenvalue weighted by molar-refractivity contribution is 5.66. The molecule has 1 unspecified atom stereocenters. The molecular weight excluding hydrogens is 308 g/mol. The van der Waals surface area contributed by atoms with E-state index in [1.165, 1.54) is 26.8 Å². The van der Waals surface area contributed by atoms with Gasteiger partial charge in [0.05, 0.1) is 16.5 Å². The average molecular weight is 328 g/mol. The van der Waals surface area contributed by atoms with Crippen LogP contribution in [0.1, 0.15) is 37.8 Å². The third-order valence-corrected chi connectivity index (χ3v) is 3.37. The molecule has 0 spiro atoms. The van der Waals surface area contributed by atoms with E-state index in [0.29, 0.717) is 12.0 Å². The van der Waals surface area contributed by atoms with E-state index >= 15 is 0 Å². The maximum atomic E-state index is 11.3. The van der Waals surface area contributed by atoms with Crippen molar-refractivity contribution in [1.82, 2.24) is 0 Å². The van der Waals surface area contributed by atoms with Gasteiger partial charge in [-0.15, -0.1) is 0 Å². The number of aliphatic hydroxyl groups is 1. The molecule has 23 heavy (non-hydrogen) atoms. The van der Waals surface area contributed by atoms with E-state index in [1.54, 1.807) is 6.92 Å². The Morgan fingerprint density at radius 1 is 1.22 bits per heavy atom. The van der Waals surface area contributed by atoms with Gasteiger partial charge >= 0.3 is 17.3 Å². The highest BCUT2D eigenvalue weighted by atomic mass is 16.8. The van der Waals surface area contributed by atoms with E-state index in [0.717, 1.165) is 0 Å². The second-order valence-corrected chi connectivity index (χ2v) is 5.05. The fourth-order valence-corrected chi connectivity index (χ4v) is 1.94. The average Bonchev–Trinajstić information content (AvgIpc) is 2.48. The van der Waals surface area contributed by atoms with E-state index in [2.05, 4.69) is 0 Å². The molecule has 0 aliphatic carbocycles. The summed E-state index contributed by atoms with van der Waals surface area (Å²) in [5, 5.41) is 32.9. The van der Waals surface area contributed by atoms with Crippen LogP contribution in [-0.4, -0.2) is 27.5 Å². The van der Waals surface area contributed by atoms with Crippen molar-refractivity contribution >= 4 is 11.4 Å². The van der Waals surface area contributed by atoms with Crippen molar-refractivity contribution < 1.29 is 24.4 Å². The van der Waals surface area contributed by atoms with Gasteiger partial charge in [0.2, 0.25) is 0 Å². The highest BCUT2D eigenvalue weighted by Gasteiger charge is 2.38. The fraction of sp³-hybridized carbons (Fsp3) is 0.571. The van der Waals surface area contributed by atoms with Crippen molar-refractivity contribution in [3.05, 3.63) is 37.4 Å². The summed E-state index contributed by atoms with van der Waals surface area (Å²) in [7, 11) is 0. The van der Waals surface area contributed by atoms with E-state index in [9.17, 15) is 25.3 Å². The second kappa shape index (κ2) is 7.34. The maximum Gasteiger partial charge on any atom is 0.324 e. The van der Waals surface area contributed by atoms with E-state index in [4.69, 9.17) is 9.47 Å². The van der Waals surface area contributed by atoms with Crippen LogP contribution in [0.3, 0.4) is 0 Å². The molecule has 1 rings (SSSR count). The summed E-state index contributed by atoms with van der Waals surface area (Å²) in [4.78, 5) is 21.0. The van der Waals surface area contributed by atoms with Crippen molar-refractivity contribution in [2.75, 3.05) is 6.61 Å². The maximum absolute atomic E-state index is 11.3. The van der Waals surface area contributed by atoms with Crippen LogP contribution in [0.4, 0.5) is 11.4 Å². The third kappa shape index (κ3) is 4.14. The fourth-order valence-electron chi connectivity index (χ4n) is 1.94. The Hall–Kier alpha value is -2.26. The number of aryl methyl sites for hydroxylation is 1. The quantitative estimate of drug-likeness (QED) is 0.441. The monoisotopic (exact) mass is 328 g/mol. The molecule has 9 nitrogen and oxygen atoms in total. The SMILES string of the molecule is CCCOC(O)(CC)Oc1c([N+](=O)[O-])cc(C)c(C)c1[N+](=O)[O-]. The minimum atomic E-state index is -2.17. The molecule has 0 saturated heterocycles. The Morgan fingerprint density at radius 3 is 2.26 bits per heavy atom. The zero-order chi connectivity index (χ0) is 17.8. The van der Waals surface area contributed by atoms with Gasteiger partial charge in [-0.05, 0) is 25.8 Å². The molecule has 0 fully saturated rings. The standard InChI is InChI=1S/C14H20N2O7/c1-5-7-22-14(17,6-2)23-13-11(15(18)19)8-9(3)10(4)12(13)16(20)21/h8,17H,5-7H2,1-4H3. The number of ether oxygens (including phenoxy) is 2. The lowest BCUT2D eigenvalue weighted by Gasteiger charge is -2.27. The van der Waals surface area contributed by atoms with E-state index < -0.39 is 32.9 Å². The van der Waals surface area contributed by atoms with Crippen LogP contribution in [0.15, 0.2) is 6.07 Å². The lowest BCUT2D eigenvalue weighted by molar-refractivity contribution is -0.403. The molecule has 1 aromatic rings. The molecule has 0 amide bonds. The van der Waals surface area contributed by atoms with Gasteiger partial charge in [0.15, 0.2) is 0 Å². The van der Waals surface area contributed by atoms with Crippen molar-refractivity contribution in [3.63, 3.8) is 0 Å². The molecule has 0 radical (unpaired) electrons. The highest BCUT2D eigenvalue weighted by Crippen LogP contribution is 2.43. The Morgan fingerprint density at radius 2 is 1.83 bits per heavy atom. The van der Waals surface area contributed by atoms with Gasteiger partial charge in [0.25, 0.3) is 5.75 Å². The first kappa shape index (κ1) is 18.8. The lowest BCUT2D eigenvalue weighted by Crippen LogP contribution is -2.39. The van der Waals surface area contributed by atoms with Crippen molar-refractivity contribution in [2.24, 2.45) is 0 Å². The number of nitrogens with zero attached hydrogens (tertiary/aromatic N) is 2. The summed E-state index contributed by atoms with van der Waals surface area (Å²) in [6, 6.07) is 1.17. The molecule has 0 aliphatic rings. The number of benzene rings is 1. The predicted octanol–water partition coefficient (Wildman–Crippen LogP) is 2.98. The van der Waals surface area contributed by atoms with Gasteiger partial charge in [0.1, 0.15) is 0 Å². The molecule has 1 aromatic carbocycles. The number of rotatable bonds is 8. The summed E-state index contributed by atoms with van der Waals surface area (Å²) in [5.74, 6) is -2.78. The van der Waals surface area contributed by atoms with E-state index in [-0.39, 0.29) is 18.6 Å². The van der Waals surface area contributed by atoms with Crippen LogP contribution in [0.25, 0.3) is 0 Å². The Labute approximate surface area is 133 Å². The first-order valence-corrected chi connectivity index (χ1v) is 7.15. The third-order valence-electron chi connectivity index (χ3n) is 3.37. The molecule has 0 saturated carbocycles. The van der Waals surface area contributed by atoms with Gasteiger partial charge in [0, 0.05) is 18.1 Å². The topological polar surface area (TPSA) is 125 Å². The molecular formula is C14H20N2O7. The lowest BCUT2D eigenvalue weighted by atomic mass is 10.1. The number of nitro benzene ring substituents is 2. The minimum absolute atomic E-state index is 0.0613. The van der Waals surface area contributed by atoms with Crippen LogP contribution >= 0.6 is 0 Å². The molecule has 0 aromatic heterocycles. The van der Waals surface area contributed by atoms with E-state index in [1.807, 2.05) is 0 Å². The van der Waals surface area contributed by atoms with Crippen molar-refractivity contribution in [3.8, 4) is 5.75 Å². The van der Waals surface area contributed by atoms with Crippen LogP contribution < -0.4 is 4.74 Å². The molecule has 0 heterocycles. The van der Waals surface area contributed by atoms with Crippen molar-refractivity contribution in [2.45, 2.75) is 46.5 Å². The van der Waals surface area contributed by atoms with Crippen molar-refractivity contribution in [1.29, 1.82) is 0 Å². The normalized spacial score (nSPS) is 13.4. The van der Waals surface area contributed by atoms with Crippen LogP contribution in [0.2, 0.25) is 0 Å². The molecule has 9 heteroatoms. The molecule has 0 bridgehead atoms. The molecule has 0 aliphatic heterocycles. The molecule has 1 N–H and O–H groups in total. The first-order valence-electron chi connectivity index (χ1n) is 7.15. The summed E-state index contributed by atoms with van der Waals surface area (Å²) < 4.78 is 10.4. The smallest absolute Gasteiger partial charge is 0.324 e. The van der Waals surface area contributed by atoms with Gasteiger partial charge in [-0.3, -0.25) is 20.2 Å². The van der Waals surface area contributed by atoms with Gasteiger partial charge in [-0.1, -0.05) is 13.8 Å². The molecule has 128 valence electrons. The Bertz CT molecular complexity index is 618. The summed E-state index contributed by atoms with van der Waals surface area (Å²) >= 11 is 0. The largest absolute Gasteiger partial charge is 0.425 e.